The number of amides is 2. The number of hydrogen-bond donors (Lipinski definition) is 2. The van der Waals surface area contributed by atoms with Crippen LogP contribution in [0.3, 0.4) is 0 Å². The van der Waals surface area contributed by atoms with Crippen LogP contribution in [-0.2, 0) is 19.6 Å². The first-order valence-corrected chi connectivity index (χ1v) is 9.39. The quantitative estimate of drug-likeness (QED) is 0.598. The van der Waals surface area contributed by atoms with Crippen molar-refractivity contribution in [3.8, 4) is 5.75 Å². The second-order valence-electron chi connectivity index (χ2n) is 6.68. The van der Waals surface area contributed by atoms with Crippen LogP contribution in [0.15, 0.2) is 77.7 Å². The summed E-state index contributed by atoms with van der Waals surface area (Å²) in [6.07, 6.45) is -3.10. The Morgan fingerprint density at radius 2 is 1.52 bits per heavy atom. The average Bonchev–Trinajstić information content (AvgIpc) is 2.73. The van der Waals surface area contributed by atoms with E-state index in [0.29, 0.717) is 6.54 Å². The molecule has 0 radical (unpaired) electrons. The first-order chi connectivity index (χ1) is 14.8. The van der Waals surface area contributed by atoms with E-state index in [2.05, 4.69) is 15.4 Å². The van der Waals surface area contributed by atoms with Gasteiger partial charge in [-0.25, -0.2) is 4.79 Å². The molecule has 3 aromatic rings. The number of hydrogen-bond acceptors (Lipinski definition) is 3. The fraction of sp³-hybridized carbons (Fsp3) is 0.182. The maximum Gasteiger partial charge on any atom is 0.573 e. The molecule has 2 aromatic carbocycles. The van der Waals surface area contributed by atoms with Gasteiger partial charge < -0.3 is 19.9 Å². The Morgan fingerprint density at radius 1 is 0.871 bits per heavy atom. The number of benzene rings is 2. The number of ether oxygens (including phenoxy) is 1. The number of alkyl halides is 3. The summed E-state index contributed by atoms with van der Waals surface area (Å²) in [7, 11) is 0. The van der Waals surface area contributed by atoms with E-state index in [1.807, 2.05) is 24.3 Å². The van der Waals surface area contributed by atoms with Crippen molar-refractivity contribution >= 4 is 6.03 Å². The predicted octanol–water partition coefficient (Wildman–Crippen LogP) is 3.79. The Hall–Kier alpha value is -3.75. The number of urea groups is 1. The summed E-state index contributed by atoms with van der Waals surface area (Å²) in [6, 6.07) is 17.4. The van der Waals surface area contributed by atoms with Crippen molar-refractivity contribution in [3.63, 3.8) is 0 Å². The molecular weight excluding hydrogens is 411 g/mol. The van der Waals surface area contributed by atoms with Gasteiger partial charge in [0.1, 0.15) is 5.75 Å². The van der Waals surface area contributed by atoms with Gasteiger partial charge in [0.15, 0.2) is 0 Å². The summed E-state index contributed by atoms with van der Waals surface area (Å²) in [5.74, 6) is -0.358. The first kappa shape index (κ1) is 21.9. The van der Waals surface area contributed by atoms with Crippen LogP contribution < -0.4 is 20.9 Å². The minimum Gasteiger partial charge on any atom is -0.405 e. The van der Waals surface area contributed by atoms with Gasteiger partial charge in [-0.15, -0.1) is 13.2 Å². The van der Waals surface area contributed by atoms with E-state index < -0.39 is 12.4 Å². The summed E-state index contributed by atoms with van der Waals surface area (Å²) >= 11 is 0. The van der Waals surface area contributed by atoms with E-state index in [1.165, 1.54) is 24.3 Å². The lowest BCUT2D eigenvalue weighted by Crippen LogP contribution is -2.34. The van der Waals surface area contributed by atoms with Gasteiger partial charge in [0.25, 0.3) is 5.56 Å². The van der Waals surface area contributed by atoms with Crippen LogP contribution >= 0.6 is 0 Å². The summed E-state index contributed by atoms with van der Waals surface area (Å²) in [5, 5.41) is 5.16. The molecule has 0 saturated heterocycles. The van der Waals surface area contributed by atoms with E-state index in [1.54, 1.807) is 29.0 Å². The molecule has 0 unspecified atom stereocenters. The largest absolute Gasteiger partial charge is 0.573 e. The van der Waals surface area contributed by atoms with Gasteiger partial charge in [-0.3, -0.25) is 4.79 Å². The lowest BCUT2D eigenvalue weighted by atomic mass is 10.1. The fourth-order valence-electron chi connectivity index (χ4n) is 2.84. The molecule has 1 aromatic heterocycles. The Bertz CT molecular complexity index is 1080. The highest BCUT2D eigenvalue weighted by molar-refractivity contribution is 5.73. The van der Waals surface area contributed by atoms with Gasteiger partial charge in [-0.2, -0.15) is 0 Å². The average molecular weight is 431 g/mol. The molecule has 2 amide bonds. The number of carbonyl (C=O) groups is 1. The molecule has 0 saturated carbocycles. The third-order valence-electron chi connectivity index (χ3n) is 4.37. The second kappa shape index (κ2) is 9.84. The molecule has 0 fully saturated rings. The van der Waals surface area contributed by atoms with Gasteiger partial charge in [0.05, 0.1) is 6.54 Å². The number of rotatable bonds is 7. The molecule has 0 aliphatic rings. The lowest BCUT2D eigenvalue weighted by molar-refractivity contribution is -0.274. The number of nitrogens with zero attached hydrogens (tertiary/aromatic N) is 1. The lowest BCUT2D eigenvalue weighted by Gasteiger charge is -2.14. The van der Waals surface area contributed by atoms with Crippen molar-refractivity contribution < 1.29 is 22.7 Å². The van der Waals surface area contributed by atoms with Crippen LogP contribution in [0.25, 0.3) is 0 Å². The van der Waals surface area contributed by atoms with Crippen LogP contribution in [0.1, 0.15) is 16.7 Å². The Balaban J connectivity index is 1.49. The number of aromatic nitrogens is 1. The molecular formula is C22H20F3N3O3. The van der Waals surface area contributed by atoms with Gasteiger partial charge in [0, 0.05) is 30.9 Å². The van der Waals surface area contributed by atoms with E-state index in [9.17, 15) is 22.8 Å². The summed E-state index contributed by atoms with van der Waals surface area (Å²) in [6.45, 7) is 0.550. The molecule has 0 aliphatic heterocycles. The molecule has 2 N–H and O–H groups in total. The molecule has 0 atom stereocenters. The van der Waals surface area contributed by atoms with Crippen LogP contribution in [0, 0.1) is 0 Å². The summed E-state index contributed by atoms with van der Waals surface area (Å²) in [5.41, 5.74) is 1.88. The number of nitrogens with one attached hydrogen (secondary N) is 2. The van der Waals surface area contributed by atoms with Crippen molar-refractivity contribution in [1.29, 1.82) is 0 Å². The van der Waals surface area contributed by atoms with Crippen molar-refractivity contribution in [3.05, 3.63) is 100.0 Å². The summed E-state index contributed by atoms with van der Waals surface area (Å²) in [4.78, 5) is 23.8. The normalized spacial score (nSPS) is 11.1. The zero-order valence-corrected chi connectivity index (χ0v) is 16.4. The third-order valence-corrected chi connectivity index (χ3v) is 4.37. The van der Waals surface area contributed by atoms with Crippen LogP contribution in [0.2, 0.25) is 0 Å². The van der Waals surface area contributed by atoms with Crippen LogP contribution in [0.4, 0.5) is 18.0 Å². The zero-order valence-electron chi connectivity index (χ0n) is 16.4. The zero-order chi connectivity index (χ0) is 22.3. The molecule has 31 heavy (non-hydrogen) atoms. The summed E-state index contributed by atoms with van der Waals surface area (Å²) < 4.78 is 42.9. The third kappa shape index (κ3) is 6.91. The van der Waals surface area contributed by atoms with E-state index in [0.717, 1.165) is 11.1 Å². The van der Waals surface area contributed by atoms with Crippen LogP contribution in [0.5, 0.6) is 5.75 Å². The number of pyridine rings is 1. The van der Waals surface area contributed by atoms with Gasteiger partial charge in [-0.05, 0) is 23.3 Å². The van der Waals surface area contributed by atoms with Gasteiger partial charge in [-0.1, -0.05) is 48.5 Å². The Morgan fingerprint density at radius 3 is 2.23 bits per heavy atom. The van der Waals surface area contributed by atoms with Gasteiger partial charge in [0.2, 0.25) is 0 Å². The molecule has 0 spiro atoms. The molecule has 3 rings (SSSR count). The monoisotopic (exact) mass is 431 g/mol. The van der Waals surface area contributed by atoms with E-state index in [4.69, 9.17) is 0 Å². The van der Waals surface area contributed by atoms with Crippen LogP contribution in [-0.4, -0.2) is 17.0 Å². The molecule has 1 heterocycles. The minimum atomic E-state index is -4.81. The second-order valence-corrected chi connectivity index (χ2v) is 6.68. The van der Waals surface area contributed by atoms with Crippen molar-refractivity contribution in [2.45, 2.75) is 26.0 Å². The Labute approximate surface area is 176 Å². The van der Waals surface area contributed by atoms with Crippen molar-refractivity contribution in [2.75, 3.05) is 0 Å². The van der Waals surface area contributed by atoms with Crippen molar-refractivity contribution in [2.24, 2.45) is 0 Å². The topological polar surface area (TPSA) is 72.4 Å². The predicted molar refractivity (Wildman–Crippen MR) is 108 cm³/mol. The Kier molecular flexibility index (Phi) is 6.96. The maximum atomic E-state index is 12.5. The van der Waals surface area contributed by atoms with Gasteiger partial charge >= 0.3 is 12.4 Å². The first-order valence-electron chi connectivity index (χ1n) is 9.39. The van der Waals surface area contributed by atoms with Crippen molar-refractivity contribution in [1.82, 2.24) is 15.2 Å². The highest BCUT2D eigenvalue weighted by Gasteiger charge is 2.31. The molecule has 9 heteroatoms. The SMILES string of the molecule is O=C(NCc1ccc(Cn2ccccc2=O)cc1)NCc1ccccc1OC(F)(F)F. The highest BCUT2D eigenvalue weighted by Crippen LogP contribution is 2.26. The number of halogens is 3. The maximum absolute atomic E-state index is 12.5. The molecule has 0 aliphatic carbocycles. The highest BCUT2D eigenvalue weighted by atomic mass is 19.4. The fourth-order valence-corrected chi connectivity index (χ4v) is 2.84. The smallest absolute Gasteiger partial charge is 0.405 e. The standard InChI is InChI=1S/C22H20F3N3O3/c23-22(24,25)31-19-6-2-1-5-18(19)14-27-21(30)26-13-16-8-10-17(11-9-16)15-28-12-4-3-7-20(28)29/h1-12H,13-15H2,(H2,26,27,30). The van der Waals surface area contributed by atoms with E-state index in [-0.39, 0.29) is 30.0 Å². The number of para-hydroxylation sites is 1. The molecule has 0 bridgehead atoms. The minimum absolute atomic E-state index is 0.0906. The van der Waals surface area contributed by atoms with E-state index >= 15 is 0 Å². The molecule has 162 valence electrons. The molecule has 6 nitrogen and oxygen atoms in total. The number of carbonyl (C=O) groups excluding carboxylic acids is 1.